The van der Waals surface area contributed by atoms with Crippen molar-refractivity contribution in [1.82, 2.24) is 0 Å². The smallest absolute Gasteiger partial charge is 0.343 e. The maximum Gasteiger partial charge on any atom is 0.343 e. The number of rotatable bonds is 4. The molecule has 0 aliphatic carbocycles. The fourth-order valence-corrected chi connectivity index (χ4v) is 2.78. The Bertz CT molecular complexity index is 1020. The van der Waals surface area contributed by atoms with Gasteiger partial charge in [-0.3, -0.25) is 9.59 Å². The summed E-state index contributed by atoms with van der Waals surface area (Å²) in [5.74, 6) is -0.742. The van der Waals surface area contributed by atoms with Gasteiger partial charge in [0.25, 0.3) is 0 Å². The van der Waals surface area contributed by atoms with Gasteiger partial charge in [0, 0.05) is 35.5 Å². The number of halogens is 1. The first-order valence-electron chi connectivity index (χ1n) is 8.24. The van der Waals surface area contributed by atoms with Crippen LogP contribution in [0.15, 0.2) is 58.6 Å². The van der Waals surface area contributed by atoms with Gasteiger partial charge in [-0.05, 0) is 36.4 Å². The van der Waals surface area contributed by atoms with Crippen molar-refractivity contribution in [2.24, 2.45) is 0 Å². The van der Waals surface area contributed by atoms with Crippen LogP contribution < -0.4 is 9.47 Å². The van der Waals surface area contributed by atoms with Gasteiger partial charge in [-0.25, -0.2) is 4.79 Å². The maximum atomic E-state index is 12.2. The first-order valence-corrected chi connectivity index (χ1v) is 9.03. The lowest BCUT2D eigenvalue weighted by molar-refractivity contribution is -0.132. The molecule has 142 valence electrons. The van der Waals surface area contributed by atoms with Crippen LogP contribution in [-0.4, -0.2) is 17.9 Å². The molecule has 7 heteroatoms. The van der Waals surface area contributed by atoms with Gasteiger partial charge in [-0.1, -0.05) is 28.1 Å². The molecule has 0 fully saturated rings. The van der Waals surface area contributed by atoms with Crippen molar-refractivity contribution in [2.45, 2.75) is 13.8 Å². The van der Waals surface area contributed by atoms with E-state index in [-0.39, 0.29) is 11.5 Å². The average molecular weight is 443 g/mol. The summed E-state index contributed by atoms with van der Waals surface area (Å²) in [4.78, 5) is 34.8. The molecule has 1 aliphatic heterocycles. The van der Waals surface area contributed by atoms with Crippen LogP contribution in [0.3, 0.4) is 0 Å². The van der Waals surface area contributed by atoms with Crippen molar-refractivity contribution in [3.8, 4) is 11.5 Å². The van der Waals surface area contributed by atoms with Gasteiger partial charge in [0.2, 0.25) is 0 Å². The fraction of sp³-hybridized carbons (Fsp3) is 0.0952. The molecular formula is C21H15BrO6. The Morgan fingerprint density at radius 3 is 2.32 bits per heavy atom. The van der Waals surface area contributed by atoms with E-state index in [0.29, 0.717) is 16.9 Å². The normalized spacial score (nSPS) is 14.5. The molecule has 0 radical (unpaired) electrons. The summed E-state index contributed by atoms with van der Waals surface area (Å²) in [7, 11) is 0. The summed E-state index contributed by atoms with van der Waals surface area (Å²) in [6.45, 7) is 2.52. The van der Waals surface area contributed by atoms with Crippen LogP contribution in [0.5, 0.6) is 11.5 Å². The summed E-state index contributed by atoms with van der Waals surface area (Å²) in [6, 6.07) is 11.9. The third-order valence-electron chi connectivity index (χ3n) is 3.66. The largest absolute Gasteiger partial charge is 0.427 e. The van der Waals surface area contributed by atoms with Crippen molar-refractivity contribution in [2.75, 3.05) is 0 Å². The van der Waals surface area contributed by atoms with Gasteiger partial charge in [0.15, 0.2) is 0 Å². The molecule has 0 spiro atoms. The predicted molar refractivity (Wildman–Crippen MR) is 105 cm³/mol. The number of ether oxygens (including phenoxy) is 3. The topological polar surface area (TPSA) is 78.9 Å². The zero-order valence-electron chi connectivity index (χ0n) is 15.0. The van der Waals surface area contributed by atoms with E-state index < -0.39 is 17.9 Å². The highest BCUT2D eigenvalue weighted by molar-refractivity contribution is 9.10. The molecular weight excluding hydrogens is 428 g/mol. The number of hydrogen-bond donors (Lipinski definition) is 0. The number of hydrogen-bond acceptors (Lipinski definition) is 6. The number of carbonyl (C=O) groups is 3. The van der Waals surface area contributed by atoms with E-state index in [1.54, 1.807) is 24.3 Å². The monoisotopic (exact) mass is 442 g/mol. The SMILES string of the molecule is CC(=O)Oc1ccc(/C=C2\C=C(c3ccc(Br)cc3)OC2=O)c(OC(C)=O)c1. The lowest BCUT2D eigenvalue weighted by Crippen LogP contribution is -2.05. The highest BCUT2D eigenvalue weighted by Gasteiger charge is 2.22. The molecule has 28 heavy (non-hydrogen) atoms. The van der Waals surface area contributed by atoms with Gasteiger partial charge >= 0.3 is 17.9 Å². The molecule has 3 rings (SSSR count). The van der Waals surface area contributed by atoms with Crippen LogP contribution in [0.4, 0.5) is 0 Å². The van der Waals surface area contributed by atoms with Crippen molar-refractivity contribution < 1.29 is 28.6 Å². The van der Waals surface area contributed by atoms with E-state index in [4.69, 9.17) is 14.2 Å². The Morgan fingerprint density at radius 1 is 1.00 bits per heavy atom. The minimum Gasteiger partial charge on any atom is -0.427 e. The molecule has 6 nitrogen and oxygen atoms in total. The molecule has 1 heterocycles. The highest BCUT2D eigenvalue weighted by atomic mass is 79.9. The van der Waals surface area contributed by atoms with Crippen LogP contribution in [0, 0.1) is 0 Å². The molecule has 0 saturated heterocycles. The van der Waals surface area contributed by atoms with E-state index in [1.807, 2.05) is 24.3 Å². The molecule has 0 unspecified atom stereocenters. The van der Waals surface area contributed by atoms with Gasteiger partial charge in [0.05, 0.1) is 5.57 Å². The third-order valence-corrected chi connectivity index (χ3v) is 4.19. The summed E-state index contributed by atoms with van der Waals surface area (Å²) < 4.78 is 16.4. The summed E-state index contributed by atoms with van der Waals surface area (Å²) >= 11 is 3.36. The number of carbonyl (C=O) groups excluding carboxylic acids is 3. The quantitative estimate of drug-likeness (QED) is 0.399. The molecule has 0 saturated carbocycles. The Labute approximate surface area is 169 Å². The van der Waals surface area contributed by atoms with Crippen LogP contribution in [0.2, 0.25) is 0 Å². The maximum absolute atomic E-state index is 12.2. The van der Waals surface area contributed by atoms with E-state index in [9.17, 15) is 14.4 Å². The number of cyclic esters (lactones) is 1. The van der Waals surface area contributed by atoms with E-state index in [2.05, 4.69) is 15.9 Å². The minimum atomic E-state index is -0.542. The van der Waals surface area contributed by atoms with Gasteiger partial charge in [-0.15, -0.1) is 0 Å². The Morgan fingerprint density at radius 2 is 1.68 bits per heavy atom. The lowest BCUT2D eigenvalue weighted by atomic mass is 10.1. The van der Waals surface area contributed by atoms with Crippen LogP contribution in [-0.2, 0) is 19.1 Å². The van der Waals surface area contributed by atoms with Gasteiger partial charge < -0.3 is 14.2 Å². The Kier molecular flexibility index (Phi) is 5.75. The first-order chi connectivity index (χ1) is 13.3. The van der Waals surface area contributed by atoms with Gasteiger partial charge in [-0.2, -0.15) is 0 Å². The van der Waals surface area contributed by atoms with E-state index >= 15 is 0 Å². The zero-order valence-corrected chi connectivity index (χ0v) is 16.6. The van der Waals surface area contributed by atoms with Crippen molar-refractivity contribution in [3.05, 3.63) is 69.7 Å². The van der Waals surface area contributed by atoms with Crippen LogP contribution in [0.25, 0.3) is 11.8 Å². The molecule has 0 N–H and O–H groups in total. The summed E-state index contributed by atoms with van der Waals surface area (Å²) in [6.07, 6.45) is 3.16. The lowest BCUT2D eigenvalue weighted by Gasteiger charge is -2.08. The zero-order chi connectivity index (χ0) is 20.3. The minimum absolute atomic E-state index is 0.164. The van der Waals surface area contributed by atoms with Crippen molar-refractivity contribution in [1.29, 1.82) is 0 Å². The Hall–Kier alpha value is -3.19. The van der Waals surface area contributed by atoms with Gasteiger partial charge in [0.1, 0.15) is 17.3 Å². The third kappa shape index (κ3) is 4.75. The average Bonchev–Trinajstić information content (AvgIpc) is 2.97. The predicted octanol–water partition coefficient (Wildman–Crippen LogP) is 4.28. The highest BCUT2D eigenvalue weighted by Crippen LogP contribution is 2.32. The molecule has 0 bridgehead atoms. The van der Waals surface area contributed by atoms with E-state index in [1.165, 1.54) is 19.9 Å². The molecule has 1 aliphatic rings. The van der Waals surface area contributed by atoms with Crippen LogP contribution >= 0.6 is 15.9 Å². The number of benzene rings is 2. The molecule has 0 aromatic heterocycles. The van der Waals surface area contributed by atoms with Crippen molar-refractivity contribution >= 4 is 45.7 Å². The standard InChI is InChI=1S/C21H15BrO6/c1-12(23)26-18-8-5-15(20(11-18)27-13(2)24)9-16-10-19(28-21(16)25)14-3-6-17(22)7-4-14/h3-11H,1-2H3/b16-9+. The second kappa shape index (κ2) is 8.22. The van der Waals surface area contributed by atoms with E-state index in [0.717, 1.165) is 10.0 Å². The second-order valence-electron chi connectivity index (χ2n) is 5.89. The molecule has 2 aromatic carbocycles. The first kappa shape index (κ1) is 19.6. The Balaban J connectivity index is 1.96. The molecule has 2 aromatic rings. The van der Waals surface area contributed by atoms with Crippen LogP contribution in [0.1, 0.15) is 25.0 Å². The number of esters is 3. The second-order valence-corrected chi connectivity index (χ2v) is 6.81. The summed E-state index contributed by atoms with van der Waals surface area (Å²) in [5.41, 5.74) is 1.52. The van der Waals surface area contributed by atoms with Crippen molar-refractivity contribution in [3.63, 3.8) is 0 Å². The fourth-order valence-electron chi connectivity index (χ4n) is 2.52. The molecule has 0 atom stereocenters. The molecule has 0 amide bonds. The summed E-state index contributed by atoms with van der Waals surface area (Å²) in [5, 5.41) is 0.